The molecule has 4 rings (SSSR count). The first-order valence-corrected chi connectivity index (χ1v) is 11.5. The maximum Gasteiger partial charge on any atom is 0.230 e. The molecule has 1 heterocycles. The summed E-state index contributed by atoms with van der Waals surface area (Å²) in [5, 5.41) is 3.46. The van der Waals surface area contributed by atoms with Crippen molar-refractivity contribution in [3.8, 4) is 0 Å². The van der Waals surface area contributed by atoms with Gasteiger partial charge in [0.25, 0.3) is 0 Å². The number of rotatable bonds is 5. The zero-order valence-corrected chi connectivity index (χ0v) is 19.2. The van der Waals surface area contributed by atoms with Crippen molar-refractivity contribution in [1.82, 2.24) is 15.1 Å². The lowest BCUT2D eigenvalue weighted by molar-refractivity contribution is -0.119. The molecule has 0 bridgehead atoms. The lowest BCUT2D eigenvalue weighted by Gasteiger charge is -2.40. The number of nitrogens with zero attached hydrogens (tertiary/aromatic N) is 2. The minimum absolute atomic E-state index is 0.0572. The van der Waals surface area contributed by atoms with Crippen LogP contribution in [0.1, 0.15) is 28.3 Å². The van der Waals surface area contributed by atoms with Gasteiger partial charge in [0.1, 0.15) is 0 Å². The number of benzene rings is 3. The van der Waals surface area contributed by atoms with Crippen LogP contribution in [0.4, 0.5) is 0 Å². The molecule has 1 amide bonds. The van der Waals surface area contributed by atoms with Gasteiger partial charge in [-0.2, -0.15) is 0 Å². The Bertz CT molecular complexity index is 1010. The van der Waals surface area contributed by atoms with Crippen molar-refractivity contribution in [2.45, 2.75) is 19.4 Å². The second kappa shape index (κ2) is 10.5. The molecule has 5 heteroatoms. The third-order valence-corrected chi connectivity index (χ3v) is 6.42. The molecular formula is C27H29N3OS. The van der Waals surface area contributed by atoms with Gasteiger partial charge in [-0.3, -0.25) is 9.69 Å². The van der Waals surface area contributed by atoms with Gasteiger partial charge < -0.3 is 10.2 Å². The van der Waals surface area contributed by atoms with E-state index in [-0.39, 0.29) is 11.9 Å². The SMILES string of the molecule is Cc1ccccc1CC(=O)NC(=S)N1CCN(C(c2ccccc2)c2ccccc2)CC1. The van der Waals surface area contributed by atoms with Crippen molar-refractivity contribution < 1.29 is 4.79 Å². The van der Waals surface area contributed by atoms with E-state index in [1.165, 1.54) is 11.1 Å². The number of hydrogen-bond acceptors (Lipinski definition) is 3. The number of hydrogen-bond donors (Lipinski definition) is 1. The summed E-state index contributed by atoms with van der Waals surface area (Å²) in [5.41, 5.74) is 4.74. The molecule has 0 spiro atoms. The van der Waals surface area contributed by atoms with E-state index in [2.05, 4.69) is 75.8 Å². The summed E-state index contributed by atoms with van der Waals surface area (Å²) in [6.07, 6.45) is 0.344. The van der Waals surface area contributed by atoms with Gasteiger partial charge in [-0.25, -0.2) is 0 Å². The molecular weight excluding hydrogens is 414 g/mol. The van der Waals surface area contributed by atoms with Gasteiger partial charge in [0.05, 0.1) is 12.5 Å². The van der Waals surface area contributed by atoms with Crippen LogP contribution in [0.2, 0.25) is 0 Å². The fourth-order valence-electron chi connectivity index (χ4n) is 4.29. The zero-order chi connectivity index (χ0) is 22.3. The number of thiocarbonyl (C=S) groups is 1. The smallest absolute Gasteiger partial charge is 0.230 e. The van der Waals surface area contributed by atoms with Gasteiger partial charge in [-0.15, -0.1) is 0 Å². The van der Waals surface area contributed by atoms with Crippen LogP contribution < -0.4 is 5.32 Å². The maximum absolute atomic E-state index is 12.5. The lowest BCUT2D eigenvalue weighted by atomic mass is 9.96. The Morgan fingerprint density at radius 1 is 0.844 bits per heavy atom. The van der Waals surface area contributed by atoms with Gasteiger partial charge in [0.2, 0.25) is 5.91 Å². The first-order chi connectivity index (χ1) is 15.6. The Labute approximate surface area is 195 Å². The van der Waals surface area contributed by atoms with Crippen molar-refractivity contribution in [2.24, 2.45) is 0 Å². The predicted molar refractivity (Wildman–Crippen MR) is 133 cm³/mol. The quantitative estimate of drug-likeness (QED) is 0.595. The minimum Gasteiger partial charge on any atom is -0.346 e. The fourth-order valence-corrected chi connectivity index (χ4v) is 4.59. The van der Waals surface area contributed by atoms with Gasteiger partial charge in [-0.05, 0) is 41.4 Å². The number of piperazine rings is 1. The van der Waals surface area contributed by atoms with Crippen molar-refractivity contribution in [3.63, 3.8) is 0 Å². The van der Waals surface area contributed by atoms with Crippen molar-refractivity contribution >= 4 is 23.2 Å². The van der Waals surface area contributed by atoms with Crippen LogP contribution >= 0.6 is 12.2 Å². The third-order valence-electron chi connectivity index (χ3n) is 6.06. The molecule has 164 valence electrons. The van der Waals surface area contributed by atoms with E-state index < -0.39 is 0 Å². The Kier molecular flexibility index (Phi) is 7.30. The van der Waals surface area contributed by atoms with E-state index >= 15 is 0 Å². The van der Waals surface area contributed by atoms with Crippen molar-refractivity contribution in [2.75, 3.05) is 26.2 Å². The molecule has 4 nitrogen and oxygen atoms in total. The molecule has 32 heavy (non-hydrogen) atoms. The van der Waals surface area contributed by atoms with Crippen LogP contribution in [0.25, 0.3) is 0 Å². The molecule has 0 saturated carbocycles. The van der Waals surface area contributed by atoms with E-state index in [1.54, 1.807) is 0 Å². The molecule has 0 unspecified atom stereocenters. The monoisotopic (exact) mass is 443 g/mol. The molecule has 1 fully saturated rings. The Morgan fingerprint density at radius 2 is 1.38 bits per heavy atom. The first-order valence-electron chi connectivity index (χ1n) is 11.1. The van der Waals surface area contributed by atoms with E-state index in [0.717, 1.165) is 37.3 Å². The van der Waals surface area contributed by atoms with Crippen LogP contribution in [-0.2, 0) is 11.2 Å². The van der Waals surface area contributed by atoms with Crippen molar-refractivity contribution in [3.05, 3.63) is 107 Å². The van der Waals surface area contributed by atoms with E-state index in [4.69, 9.17) is 12.2 Å². The first kappa shape index (κ1) is 22.2. The summed E-state index contributed by atoms with van der Waals surface area (Å²) >= 11 is 5.57. The van der Waals surface area contributed by atoms with Gasteiger partial charge in [0.15, 0.2) is 5.11 Å². The predicted octanol–water partition coefficient (Wildman–Crippen LogP) is 4.35. The molecule has 1 N–H and O–H groups in total. The van der Waals surface area contributed by atoms with E-state index in [1.807, 2.05) is 31.2 Å². The Morgan fingerprint density at radius 3 is 1.94 bits per heavy atom. The normalized spacial score (nSPS) is 14.4. The van der Waals surface area contributed by atoms with Crippen LogP contribution in [-0.4, -0.2) is 47.0 Å². The summed E-state index contributed by atoms with van der Waals surface area (Å²) in [5.74, 6) is -0.0572. The zero-order valence-electron chi connectivity index (χ0n) is 18.4. The molecule has 0 radical (unpaired) electrons. The number of amides is 1. The fraction of sp³-hybridized carbons (Fsp3) is 0.259. The lowest BCUT2D eigenvalue weighted by Crippen LogP contribution is -2.53. The minimum atomic E-state index is -0.0572. The number of carbonyl (C=O) groups excluding carboxylic acids is 1. The van der Waals surface area contributed by atoms with Crippen LogP contribution in [0.15, 0.2) is 84.9 Å². The highest BCUT2D eigenvalue weighted by Crippen LogP contribution is 2.29. The summed E-state index contributed by atoms with van der Waals surface area (Å²) < 4.78 is 0. The van der Waals surface area contributed by atoms with Gasteiger partial charge in [0, 0.05) is 26.2 Å². The van der Waals surface area contributed by atoms with E-state index in [9.17, 15) is 4.79 Å². The van der Waals surface area contributed by atoms with Crippen LogP contribution in [0.5, 0.6) is 0 Å². The highest BCUT2D eigenvalue weighted by atomic mass is 32.1. The average molecular weight is 444 g/mol. The number of aryl methyl sites for hydroxylation is 1. The molecule has 0 aromatic heterocycles. The summed E-state index contributed by atoms with van der Waals surface area (Å²) in [4.78, 5) is 17.1. The molecule has 3 aromatic rings. The summed E-state index contributed by atoms with van der Waals surface area (Å²) in [6.45, 7) is 5.36. The topological polar surface area (TPSA) is 35.6 Å². The third kappa shape index (κ3) is 5.42. The number of nitrogens with one attached hydrogen (secondary N) is 1. The number of carbonyl (C=O) groups is 1. The molecule has 3 aromatic carbocycles. The molecule has 0 aliphatic carbocycles. The Hall–Kier alpha value is -3.02. The molecule has 1 aliphatic heterocycles. The average Bonchev–Trinajstić information content (AvgIpc) is 2.82. The van der Waals surface area contributed by atoms with Gasteiger partial charge in [-0.1, -0.05) is 84.9 Å². The van der Waals surface area contributed by atoms with Gasteiger partial charge >= 0.3 is 0 Å². The highest BCUT2D eigenvalue weighted by Gasteiger charge is 2.27. The summed E-state index contributed by atoms with van der Waals surface area (Å²) in [6, 6.07) is 29.5. The van der Waals surface area contributed by atoms with E-state index in [0.29, 0.717) is 11.5 Å². The summed E-state index contributed by atoms with van der Waals surface area (Å²) in [7, 11) is 0. The largest absolute Gasteiger partial charge is 0.346 e. The Balaban J connectivity index is 1.37. The maximum atomic E-state index is 12.5. The molecule has 1 aliphatic rings. The second-order valence-electron chi connectivity index (χ2n) is 8.20. The van der Waals surface area contributed by atoms with Crippen molar-refractivity contribution in [1.29, 1.82) is 0 Å². The van der Waals surface area contributed by atoms with Crippen LogP contribution in [0, 0.1) is 6.92 Å². The second-order valence-corrected chi connectivity index (χ2v) is 8.59. The standard InChI is InChI=1S/C27H29N3OS/c1-21-10-8-9-15-24(21)20-25(31)28-27(32)30-18-16-29(17-19-30)26(22-11-4-2-5-12-22)23-13-6-3-7-14-23/h2-15,26H,16-20H2,1H3,(H,28,31,32). The highest BCUT2D eigenvalue weighted by molar-refractivity contribution is 7.80. The van der Waals surface area contributed by atoms with Crippen LogP contribution in [0.3, 0.4) is 0 Å². The molecule has 1 saturated heterocycles. The molecule has 0 atom stereocenters.